The lowest BCUT2D eigenvalue weighted by Gasteiger charge is -2.13. The van der Waals surface area contributed by atoms with Crippen molar-refractivity contribution in [2.24, 2.45) is 0 Å². The molecule has 0 amide bonds. The average molecular weight is 211 g/mol. The first kappa shape index (κ1) is 11.8. The van der Waals surface area contributed by atoms with E-state index in [0.29, 0.717) is 12.3 Å². The fraction of sp³-hybridized carbons (Fsp3) is 0.455. The van der Waals surface area contributed by atoms with Gasteiger partial charge in [0.2, 0.25) is 0 Å². The number of benzene rings is 1. The van der Waals surface area contributed by atoms with Crippen LogP contribution in [0.1, 0.15) is 18.1 Å². The molecule has 0 unspecified atom stereocenters. The standard InChI is InChI=1S/C11H17NO3/c1-4-8-5-10(14-2)11(15-3)6-9(8)7-12-13/h5-6,12-13H,4,7H2,1-3H3. The van der Waals surface area contributed by atoms with Crippen LogP contribution < -0.4 is 15.0 Å². The smallest absolute Gasteiger partial charge is 0.161 e. The zero-order valence-electron chi connectivity index (χ0n) is 9.33. The highest BCUT2D eigenvalue weighted by Crippen LogP contribution is 2.30. The van der Waals surface area contributed by atoms with E-state index >= 15 is 0 Å². The molecule has 0 aliphatic carbocycles. The summed E-state index contributed by atoms with van der Waals surface area (Å²) in [4.78, 5) is 0. The van der Waals surface area contributed by atoms with E-state index < -0.39 is 0 Å². The lowest BCUT2D eigenvalue weighted by Crippen LogP contribution is -2.09. The molecule has 84 valence electrons. The van der Waals surface area contributed by atoms with Crippen LogP contribution >= 0.6 is 0 Å². The van der Waals surface area contributed by atoms with Crippen LogP contribution in [0.15, 0.2) is 12.1 Å². The van der Waals surface area contributed by atoms with Crippen molar-refractivity contribution in [1.82, 2.24) is 5.48 Å². The predicted octanol–water partition coefficient (Wildman–Crippen LogP) is 1.74. The van der Waals surface area contributed by atoms with Crippen molar-refractivity contribution in [3.63, 3.8) is 0 Å². The molecular weight excluding hydrogens is 194 g/mol. The quantitative estimate of drug-likeness (QED) is 0.728. The van der Waals surface area contributed by atoms with Crippen molar-refractivity contribution in [2.75, 3.05) is 14.2 Å². The monoisotopic (exact) mass is 211 g/mol. The topological polar surface area (TPSA) is 50.7 Å². The van der Waals surface area contributed by atoms with Crippen molar-refractivity contribution >= 4 is 0 Å². The molecule has 0 heterocycles. The first-order valence-electron chi connectivity index (χ1n) is 4.87. The predicted molar refractivity (Wildman–Crippen MR) is 57.6 cm³/mol. The second-order valence-corrected chi connectivity index (χ2v) is 3.16. The minimum atomic E-state index is 0.406. The van der Waals surface area contributed by atoms with E-state index in [-0.39, 0.29) is 0 Å². The van der Waals surface area contributed by atoms with Crippen LogP contribution in [-0.2, 0) is 13.0 Å². The highest BCUT2D eigenvalue weighted by atomic mass is 16.5. The normalized spacial score (nSPS) is 10.1. The van der Waals surface area contributed by atoms with Gasteiger partial charge in [-0.25, -0.2) is 5.48 Å². The number of hydroxylamine groups is 1. The van der Waals surface area contributed by atoms with E-state index in [9.17, 15) is 0 Å². The number of ether oxygens (including phenoxy) is 2. The molecule has 0 radical (unpaired) electrons. The Morgan fingerprint density at radius 1 is 1.13 bits per heavy atom. The van der Waals surface area contributed by atoms with Gasteiger partial charge in [-0.2, -0.15) is 0 Å². The molecule has 15 heavy (non-hydrogen) atoms. The van der Waals surface area contributed by atoms with Crippen molar-refractivity contribution in [2.45, 2.75) is 19.9 Å². The molecule has 4 nitrogen and oxygen atoms in total. The van der Waals surface area contributed by atoms with Gasteiger partial charge in [-0.05, 0) is 29.7 Å². The summed E-state index contributed by atoms with van der Waals surface area (Å²) in [6.45, 7) is 2.46. The van der Waals surface area contributed by atoms with Crippen LogP contribution in [0.4, 0.5) is 0 Å². The average Bonchev–Trinajstić information content (AvgIpc) is 2.28. The number of nitrogens with one attached hydrogen (secondary N) is 1. The maximum atomic E-state index is 8.71. The summed E-state index contributed by atoms with van der Waals surface area (Å²) < 4.78 is 10.4. The van der Waals surface area contributed by atoms with Gasteiger partial charge in [0.1, 0.15) is 0 Å². The number of aryl methyl sites for hydroxylation is 1. The Bertz CT molecular complexity index is 326. The minimum Gasteiger partial charge on any atom is -0.493 e. The van der Waals surface area contributed by atoms with Crippen LogP contribution in [0.2, 0.25) is 0 Å². The second-order valence-electron chi connectivity index (χ2n) is 3.16. The van der Waals surface area contributed by atoms with Gasteiger partial charge in [-0.15, -0.1) is 0 Å². The number of rotatable bonds is 5. The third-order valence-electron chi connectivity index (χ3n) is 2.36. The summed E-state index contributed by atoms with van der Waals surface area (Å²) >= 11 is 0. The van der Waals surface area contributed by atoms with Gasteiger partial charge in [-0.3, -0.25) is 0 Å². The molecule has 0 atom stereocenters. The Morgan fingerprint density at radius 3 is 2.07 bits per heavy atom. The zero-order valence-corrected chi connectivity index (χ0v) is 9.33. The summed E-state index contributed by atoms with van der Waals surface area (Å²) in [5, 5.41) is 8.71. The summed E-state index contributed by atoms with van der Waals surface area (Å²) in [5.41, 5.74) is 4.30. The Morgan fingerprint density at radius 2 is 1.67 bits per heavy atom. The van der Waals surface area contributed by atoms with Gasteiger partial charge in [0.25, 0.3) is 0 Å². The van der Waals surface area contributed by atoms with Gasteiger partial charge < -0.3 is 14.7 Å². The van der Waals surface area contributed by atoms with Crippen LogP contribution in [0.3, 0.4) is 0 Å². The summed E-state index contributed by atoms with van der Waals surface area (Å²) in [5.74, 6) is 1.40. The number of hydrogen-bond acceptors (Lipinski definition) is 4. The highest BCUT2D eigenvalue weighted by molar-refractivity contribution is 5.47. The van der Waals surface area contributed by atoms with Crippen LogP contribution in [0.5, 0.6) is 11.5 Å². The SMILES string of the molecule is CCc1cc(OC)c(OC)cc1CNO. The number of hydrogen-bond donors (Lipinski definition) is 2. The molecule has 1 aromatic rings. The Hall–Kier alpha value is -1.26. The van der Waals surface area contributed by atoms with Gasteiger partial charge in [0.05, 0.1) is 14.2 Å². The largest absolute Gasteiger partial charge is 0.493 e. The fourth-order valence-electron chi connectivity index (χ4n) is 1.54. The molecule has 0 bridgehead atoms. The zero-order chi connectivity index (χ0) is 11.3. The van der Waals surface area contributed by atoms with Gasteiger partial charge in [0, 0.05) is 6.54 Å². The van der Waals surface area contributed by atoms with E-state index in [2.05, 4.69) is 12.4 Å². The van der Waals surface area contributed by atoms with E-state index in [1.807, 2.05) is 12.1 Å². The lowest BCUT2D eigenvalue weighted by atomic mass is 10.0. The third-order valence-corrected chi connectivity index (χ3v) is 2.36. The summed E-state index contributed by atoms with van der Waals surface area (Å²) in [6.07, 6.45) is 0.886. The molecule has 0 saturated carbocycles. The van der Waals surface area contributed by atoms with Gasteiger partial charge in [0.15, 0.2) is 11.5 Å². The van der Waals surface area contributed by atoms with E-state index in [4.69, 9.17) is 14.7 Å². The Labute approximate surface area is 89.8 Å². The van der Waals surface area contributed by atoms with Crippen LogP contribution in [0.25, 0.3) is 0 Å². The summed E-state index contributed by atoms with van der Waals surface area (Å²) in [7, 11) is 3.21. The Kier molecular flexibility index (Phi) is 4.39. The molecule has 1 aromatic carbocycles. The Balaban J connectivity index is 3.15. The first-order chi connectivity index (χ1) is 7.26. The summed E-state index contributed by atoms with van der Waals surface area (Å²) in [6, 6.07) is 3.81. The maximum Gasteiger partial charge on any atom is 0.161 e. The second kappa shape index (κ2) is 5.58. The van der Waals surface area contributed by atoms with Crippen molar-refractivity contribution < 1.29 is 14.7 Å². The van der Waals surface area contributed by atoms with E-state index in [1.54, 1.807) is 14.2 Å². The molecular formula is C11H17NO3. The number of methoxy groups -OCH3 is 2. The van der Waals surface area contributed by atoms with E-state index in [1.165, 1.54) is 0 Å². The van der Waals surface area contributed by atoms with Crippen molar-refractivity contribution in [3.8, 4) is 11.5 Å². The first-order valence-corrected chi connectivity index (χ1v) is 4.87. The molecule has 0 aromatic heterocycles. The lowest BCUT2D eigenvalue weighted by molar-refractivity contribution is 0.161. The van der Waals surface area contributed by atoms with Gasteiger partial charge in [-0.1, -0.05) is 6.92 Å². The fourth-order valence-corrected chi connectivity index (χ4v) is 1.54. The maximum absolute atomic E-state index is 8.71. The molecule has 4 heteroatoms. The van der Waals surface area contributed by atoms with E-state index in [0.717, 1.165) is 23.3 Å². The van der Waals surface area contributed by atoms with Crippen LogP contribution in [0, 0.1) is 0 Å². The van der Waals surface area contributed by atoms with Crippen molar-refractivity contribution in [1.29, 1.82) is 0 Å². The third kappa shape index (κ3) is 2.61. The molecule has 0 fully saturated rings. The molecule has 0 aliphatic rings. The molecule has 0 aliphatic heterocycles. The van der Waals surface area contributed by atoms with Gasteiger partial charge >= 0.3 is 0 Å². The van der Waals surface area contributed by atoms with Crippen molar-refractivity contribution in [3.05, 3.63) is 23.3 Å². The molecule has 1 rings (SSSR count). The van der Waals surface area contributed by atoms with Crippen LogP contribution in [-0.4, -0.2) is 19.4 Å². The molecule has 0 spiro atoms. The minimum absolute atomic E-state index is 0.406. The highest BCUT2D eigenvalue weighted by Gasteiger charge is 2.09. The molecule has 2 N–H and O–H groups in total. The molecule has 0 saturated heterocycles.